The third-order valence-corrected chi connectivity index (χ3v) is 5.75. The highest BCUT2D eigenvalue weighted by Crippen LogP contribution is 2.37. The maximum atomic E-state index is 5.63. The number of nitrogens with one attached hydrogen (secondary N) is 2. The molecule has 27 heavy (non-hydrogen) atoms. The number of fused-ring (bicyclic) bond motifs is 1. The van der Waals surface area contributed by atoms with Gasteiger partial charge in [0.15, 0.2) is 0 Å². The number of hydrogen-bond donors (Lipinski definition) is 2. The van der Waals surface area contributed by atoms with Gasteiger partial charge in [-0.25, -0.2) is 0 Å². The molecule has 4 rings (SSSR count). The molecule has 0 saturated heterocycles. The molecule has 0 amide bonds. The van der Waals surface area contributed by atoms with Crippen LogP contribution in [-0.4, -0.2) is 22.8 Å². The lowest BCUT2D eigenvalue weighted by molar-refractivity contribution is 0.414. The van der Waals surface area contributed by atoms with E-state index in [-0.39, 0.29) is 0 Å². The largest absolute Gasteiger partial charge is 0.494 e. The fourth-order valence-corrected chi connectivity index (χ4v) is 4.21. The Morgan fingerprint density at radius 1 is 1.22 bits per heavy atom. The number of aliphatic imine (C=N–C) groups is 1. The summed E-state index contributed by atoms with van der Waals surface area (Å²) >= 11 is 0. The first kappa shape index (κ1) is 17.9. The summed E-state index contributed by atoms with van der Waals surface area (Å²) in [5, 5.41) is 0. The summed E-state index contributed by atoms with van der Waals surface area (Å²) in [5.74, 6) is 1.45. The molecule has 1 aliphatic carbocycles. The van der Waals surface area contributed by atoms with Gasteiger partial charge in [0.05, 0.1) is 29.9 Å². The van der Waals surface area contributed by atoms with Crippen molar-refractivity contribution in [1.29, 1.82) is 0 Å². The van der Waals surface area contributed by atoms with Gasteiger partial charge in [-0.05, 0) is 61.5 Å². The Balaban J connectivity index is 1.71. The zero-order chi connectivity index (χ0) is 18.6. The number of methoxy groups -OCH3 is 1. The van der Waals surface area contributed by atoms with Crippen LogP contribution in [0.25, 0.3) is 17.5 Å². The zero-order valence-electron chi connectivity index (χ0n) is 16.3. The van der Waals surface area contributed by atoms with Crippen molar-refractivity contribution in [2.24, 2.45) is 10.9 Å². The van der Waals surface area contributed by atoms with Crippen LogP contribution >= 0.6 is 0 Å². The Labute approximate surface area is 161 Å². The van der Waals surface area contributed by atoms with Crippen LogP contribution in [0.15, 0.2) is 46.7 Å². The standard InChI is InChI=1S/C23H29N3O/c1-3-16-9-6-4-5-7-10-17-13-18(16)20(25-17)14-22-23(27-2)15-21(26-22)19-11-8-12-24-19/h8,11-16,24,26H,3-7,9-10H2,1-2H3. The third-order valence-electron chi connectivity index (χ3n) is 5.75. The molecule has 2 aliphatic rings. The third kappa shape index (κ3) is 3.80. The lowest BCUT2D eigenvalue weighted by Gasteiger charge is -2.17. The van der Waals surface area contributed by atoms with E-state index in [0.717, 1.165) is 34.9 Å². The molecule has 1 aliphatic heterocycles. The van der Waals surface area contributed by atoms with Crippen molar-refractivity contribution in [2.75, 3.05) is 7.11 Å². The second-order valence-corrected chi connectivity index (χ2v) is 7.54. The lowest BCUT2D eigenvalue weighted by Crippen LogP contribution is -2.05. The molecule has 0 fully saturated rings. The highest BCUT2D eigenvalue weighted by molar-refractivity contribution is 6.00. The van der Waals surface area contributed by atoms with Gasteiger partial charge >= 0.3 is 0 Å². The number of aromatic nitrogens is 2. The Hall–Kier alpha value is -2.49. The molecule has 3 heterocycles. The first-order valence-electron chi connectivity index (χ1n) is 10.2. The van der Waals surface area contributed by atoms with Crippen LogP contribution in [0.3, 0.4) is 0 Å². The van der Waals surface area contributed by atoms with Gasteiger partial charge in [0.2, 0.25) is 0 Å². The molecule has 0 saturated carbocycles. The van der Waals surface area contributed by atoms with Gasteiger partial charge in [0.1, 0.15) is 5.75 Å². The zero-order valence-corrected chi connectivity index (χ0v) is 16.3. The minimum Gasteiger partial charge on any atom is -0.494 e. The molecule has 2 N–H and O–H groups in total. The van der Waals surface area contributed by atoms with E-state index in [1.54, 1.807) is 7.11 Å². The van der Waals surface area contributed by atoms with Gasteiger partial charge in [0.25, 0.3) is 0 Å². The normalized spacial score (nSPS) is 21.9. The van der Waals surface area contributed by atoms with Crippen molar-refractivity contribution in [3.05, 3.63) is 47.4 Å². The van der Waals surface area contributed by atoms with Crippen LogP contribution in [0.2, 0.25) is 0 Å². The van der Waals surface area contributed by atoms with Crippen molar-refractivity contribution in [2.45, 2.75) is 51.9 Å². The van der Waals surface area contributed by atoms with Crippen LogP contribution in [0.1, 0.15) is 57.6 Å². The van der Waals surface area contributed by atoms with Gasteiger partial charge < -0.3 is 14.7 Å². The molecule has 2 bridgehead atoms. The number of allylic oxidation sites excluding steroid dienone is 2. The molecule has 0 aromatic carbocycles. The van der Waals surface area contributed by atoms with Crippen molar-refractivity contribution in [1.82, 2.24) is 9.97 Å². The Kier molecular flexibility index (Phi) is 5.33. The van der Waals surface area contributed by atoms with Crippen LogP contribution in [0.4, 0.5) is 0 Å². The Bertz CT molecular complexity index is 868. The minimum absolute atomic E-state index is 0.597. The summed E-state index contributed by atoms with van der Waals surface area (Å²) in [6.07, 6.45) is 15.2. The molecule has 0 spiro atoms. The predicted molar refractivity (Wildman–Crippen MR) is 112 cm³/mol. The first-order chi connectivity index (χ1) is 13.3. The molecular weight excluding hydrogens is 334 g/mol. The van der Waals surface area contributed by atoms with E-state index in [0.29, 0.717) is 5.92 Å². The van der Waals surface area contributed by atoms with Gasteiger partial charge in [-0.1, -0.05) is 26.2 Å². The summed E-state index contributed by atoms with van der Waals surface area (Å²) < 4.78 is 5.63. The number of nitrogens with zero attached hydrogens (tertiary/aromatic N) is 1. The summed E-state index contributed by atoms with van der Waals surface area (Å²) in [7, 11) is 1.72. The molecule has 2 aromatic heterocycles. The van der Waals surface area contributed by atoms with Gasteiger partial charge in [-0.3, -0.25) is 4.99 Å². The predicted octanol–water partition coefficient (Wildman–Crippen LogP) is 6.12. The first-order valence-corrected chi connectivity index (χ1v) is 10.2. The molecular formula is C23H29N3O. The number of H-pyrrole nitrogens is 2. The van der Waals surface area contributed by atoms with E-state index in [9.17, 15) is 0 Å². The molecule has 142 valence electrons. The topological polar surface area (TPSA) is 53.2 Å². The van der Waals surface area contributed by atoms with Crippen molar-refractivity contribution >= 4 is 11.8 Å². The average Bonchev–Trinajstić information content (AvgIpc) is 3.41. The molecule has 0 radical (unpaired) electrons. The van der Waals surface area contributed by atoms with Crippen molar-refractivity contribution in [3.8, 4) is 17.1 Å². The SMILES string of the molecule is CCC1CCCCCCC2=NC(=Cc3[nH]c(-c4ccc[nH]4)cc3OC)C1=C2. The van der Waals surface area contributed by atoms with Gasteiger partial charge in [0, 0.05) is 18.0 Å². The highest BCUT2D eigenvalue weighted by Gasteiger charge is 2.23. The molecule has 1 atom stereocenters. The number of aromatic amines is 2. The van der Waals surface area contributed by atoms with E-state index in [4.69, 9.17) is 9.73 Å². The summed E-state index contributed by atoms with van der Waals surface area (Å²) in [4.78, 5) is 11.7. The Morgan fingerprint density at radius 3 is 2.89 bits per heavy atom. The molecule has 2 aromatic rings. The van der Waals surface area contributed by atoms with Crippen LogP contribution in [0, 0.1) is 5.92 Å². The van der Waals surface area contributed by atoms with E-state index in [1.807, 2.05) is 18.3 Å². The van der Waals surface area contributed by atoms with E-state index < -0.39 is 0 Å². The van der Waals surface area contributed by atoms with E-state index >= 15 is 0 Å². The number of ether oxygens (including phenoxy) is 1. The van der Waals surface area contributed by atoms with Gasteiger partial charge in [-0.2, -0.15) is 0 Å². The second-order valence-electron chi connectivity index (χ2n) is 7.54. The fourth-order valence-electron chi connectivity index (χ4n) is 4.21. The molecule has 4 nitrogen and oxygen atoms in total. The fraction of sp³-hybridized carbons (Fsp3) is 0.435. The smallest absolute Gasteiger partial charge is 0.144 e. The van der Waals surface area contributed by atoms with Gasteiger partial charge in [-0.15, -0.1) is 0 Å². The number of rotatable bonds is 4. The highest BCUT2D eigenvalue weighted by atomic mass is 16.5. The van der Waals surface area contributed by atoms with E-state index in [1.165, 1.54) is 49.8 Å². The lowest BCUT2D eigenvalue weighted by atomic mass is 9.87. The maximum absolute atomic E-state index is 5.63. The minimum atomic E-state index is 0.597. The maximum Gasteiger partial charge on any atom is 0.144 e. The average molecular weight is 364 g/mol. The summed E-state index contributed by atoms with van der Waals surface area (Å²) in [5.41, 5.74) is 6.83. The Morgan fingerprint density at radius 2 is 2.11 bits per heavy atom. The quantitative estimate of drug-likeness (QED) is 0.675. The summed E-state index contributed by atoms with van der Waals surface area (Å²) in [6.45, 7) is 2.30. The number of hydrogen-bond acceptors (Lipinski definition) is 2. The van der Waals surface area contributed by atoms with Crippen LogP contribution < -0.4 is 4.74 Å². The van der Waals surface area contributed by atoms with Crippen molar-refractivity contribution < 1.29 is 4.74 Å². The monoisotopic (exact) mass is 363 g/mol. The van der Waals surface area contributed by atoms with E-state index in [2.05, 4.69) is 35.1 Å². The second kappa shape index (κ2) is 8.03. The summed E-state index contributed by atoms with van der Waals surface area (Å²) in [6, 6.07) is 6.11. The molecule has 1 unspecified atom stereocenters. The van der Waals surface area contributed by atoms with Crippen molar-refractivity contribution in [3.63, 3.8) is 0 Å². The molecule has 4 heteroatoms. The van der Waals surface area contributed by atoms with Crippen LogP contribution in [0.5, 0.6) is 5.75 Å². The van der Waals surface area contributed by atoms with Crippen LogP contribution in [-0.2, 0) is 0 Å².